The fraction of sp³-hybridized carbons (Fsp3) is 0.188. The number of nitrogens with two attached hydrogens (primary N) is 1. The molecule has 0 aliphatic heterocycles. The number of anilines is 1. The molecule has 0 aliphatic carbocycles. The maximum absolute atomic E-state index is 12.9. The number of ether oxygens (including phenoxy) is 1. The van der Waals surface area contributed by atoms with Crippen molar-refractivity contribution in [3.63, 3.8) is 0 Å². The van der Waals surface area contributed by atoms with Crippen molar-refractivity contribution in [1.82, 2.24) is 4.98 Å². The molecule has 132 valence electrons. The van der Waals surface area contributed by atoms with Crippen molar-refractivity contribution in [2.75, 3.05) is 12.8 Å². The van der Waals surface area contributed by atoms with E-state index in [-0.39, 0.29) is 28.3 Å². The fourth-order valence-electron chi connectivity index (χ4n) is 2.13. The lowest BCUT2D eigenvalue weighted by Gasteiger charge is -2.13. The Morgan fingerprint density at radius 3 is 2.68 bits per heavy atom. The Balaban J connectivity index is 2.28. The van der Waals surface area contributed by atoms with Crippen LogP contribution in [0.15, 0.2) is 41.5 Å². The Morgan fingerprint density at radius 2 is 2.08 bits per heavy atom. The van der Waals surface area contributed by atoms with Crippen molar-refractivity contribution in [3.8, 4) is 5.75 Å². The summed E-state index contributed by atoms with van der Waals surface area (Å²) in [5.74, 6) is -1.12. The monoisotopic (exact) mass is 353 g/mol. The third-order valence-electron chi connectivity index (χ3n) is 3.26. The van der Waals surface area contributed by atoms with E-state index in [0.29, 0.717) is 0 Å². The maximum atomic E-state index is 12.9. The summed E-state index contributed by atoms with van der Waals surface area (Å²) in [4.78, 5) is 18.2. The molecule has 0 aliphatic rings. The van der Waals surface area contributed by atoms with E-state index < -0.39 is 24.4 Å². The smallest absolute Gasteiger partial charge is 0.433 e. The molecule has 3 N–H and O–H groups in total. The molecular formula is C16H14F3N3O3. The van der Waals surface area contributed by atoms with E-state index in [1.165, 1.54) is 37.4 Å². The molecule has 0 unspecified atom stereocenters. The summed E-state index contributed by atoms with van der Waals surface area (Å²) >= 11 is 0. The lowest BCUT2D eigenvalue weighted by molar-refractivity contribution is -0.142. The zero-order valence-corrected chi connectivity index (χ0v) is 13.0. The molecule has 0 bridgehead atoms. The molecule has 0 atom stereocenters. The van der Waals surface area contributed by atoms with Crippen LogP contribution >= 0.6 is 0 Å². The summed E-state index contributed by atoms with van der Waals surface area (Å²) in [5.41, 5.74) is 4.56. The van der Waals surface area contributed by atoms with Crippen molar-refractivity contribution in [2.45, 2.75) is 12.8 Å². The Bertz CT molecular complexity index is 820. The summed E-state index contributed by atoms with van der Waals surface area (Å²) < 4.78 is 44.1. The molecule has 1 heterocycles. The predicted octanol–water partition coefficient (Wildman–Crippen LogP) is 2.77. The Kier molecular flexibility index (Phi) is 5.26. The maximum Gasteiger partial charge on any atom is 0.433 e. The van der Waals surface area contributed by atoms with Crippen LogP contribution in [0, 0.1) is 0 Å². The number of aromatic nitrogens is 1. The number of nitrogen functional groups attached to an aromatic ring is 1. The van der Waals surface area contributed by atoms with Crippen molar-refractivity contribution in [1.29, 1.82) is 0 Å². The number of benzene rings is 1. The molecule has 6 nitrogen and oxygen atoms in total. The predicted molar refractivity (Wildman–Crippen MR) is 84.5 cm³/mol. The lowest BCUT2D eigenvalue weighted by atomic mass is 10.1. The van der Waals surface area contributed by atoms with Gasteiger partial charge in [-0.05, 0) is 24.3 Å². The molecule has 0 saturated carbocycles. The second-order valence-electron chi connectivity index (χ2n) is 4.92. The number of carboxylic acid groups (broad SMARTS) is 1. The summed E-state index contributed by atoms with van der Waals surface area (Å²) in [6.07, 6.45) is -3.55. The van der Waals surface area contributed by atoms with E-state index in [2.05, 4.69) is 9.98 Å². The summed E-state index contributed by atoms with van der Waals surface area (Å²) in [7, 11) is 1.29. The molecular weight excluding hydrogens is 339 g/mol. The third kappa shape index (κ3) is 4.25. The van der Waals surface area contributed by atoms with Gasteiger partial charge >= 0.3 is 12.1 Å². The highest BCUT2D eigenvalue weighted by Crippen LogP contribution is 2.31. The highest BCUT2D eigenvalue weighted by atomic mass is 19.4. The summed E-state index contributed by atoms with van der Waals surface area (Å²) in [5, 5.41) is 9.12. The number of carbonyl (C=O) groups is 1. The van der Waals surface area contributed by atoms with Crippen LogP contribution in [0.3, 0.4) is 0 Å². The molecule has 0 saturated heterocycles. The first kappa shape index (κ1) is 18.2. The van der Waals surface area contributed by atoms with E-state index in [1.807, 2.05) is 0 Å². The van der Waals surface area contributed by atoms with Crippen LogP contribution in [0.2, 0.25) is 0 Å². The zero-order chi connectivity index (χ0) is 18.6. The van der Waals surface area contributed by atoms with E-state index in [9.17, 15) is 18.0 Å². The first-order valence-electron chi connectivity index (χ1n) is 6.98. The van der Waals surface area contributed by atoms with Crippen molar-refractivity contribution >= 4 is 17.4 Å². The van der Waals surface area contributed by atoms with E-state index in [0.717, 1.165) is 6.20 Å². The van der Waals surface area contributed by atoms with Gasteiger partial charge in [-0.15, -0.1) is 0 Å². The zero-order valence-electron chi connectivity index (χ0n) is 13.0. The molecule has 2 rings (SSSR count). The summed E-state index contributed by atoms with van der Waals surface area (Å²) in [6, 6.07) is 6.76. The van der Waals surface area contributed by atoms with Gasteiger partial charge in [0, 0.05) is 30.1 Å². The first-order valence-corrected chi connectivity index (χ1v) is 6.98. The topological polar surface area (TPSA) is 97.8 Å². The van der Waals surface area contributed by atoms with Gasteiger partial charge < -0.3 is 15.6 Å². The van der Waals surface area contributed by atoms with Crippen LogP contribution in [0.1, 0.15) is 16.8 Å². The standard InChI is InChI=1S/C16H14F3N3O3/c1-21-13(15(23)24)11-7-10(4-5-12(11)20)25-8-9-3-2-6-22-14(9)16(17,18)19/h2-7H,8,20H2,1H3,(H,23,24). The second-order valence-corrected chi connectivity index (χ2v) is 4.92. The first-order chi connectivity index (χ1) is 11.7. The van der Waals surface area contributed by atoms with Gasteiger partial charge in [0.2, 0.25) is 0 Å². The van der Waals surface area contributed by atoms with Gasteiger partial charge in [-0.3, -0.25) is 9.98 Å². The Morgan fingerprint density at radius 1 is 1.36 bits per heavy atom. The molecule has 2 aromatic rings. The molecule has 0 radical (unpaired) electrons. The largest absolute Gasteiger partial charge is 0.489 e. The van der Waals surface area contributed by atoms with Gasteiger partial charge in [-0.1, -0.05) is 6.07 Å². The SMILES string of the molecule is CN=C(C(=O)O)c1cc(OCc2cccnc2C(F)(F)F)ccc1N. The number of halogens is 3. The van der Waals surface area contributed by atoms with Gasteiger partial charge in [0.15, 0.2) is 11.4 Å². The van der Waals surface area contributed by atoms with Crippen LogP contribution in [-0.2, 0) is 17.6 Å². The number of hydrogen-bond donors (Lipinski definition) is 2. The van der Waals surface area contributed by atoms with Gasteiger partial charge in [0.1, 0.15) is 12.4 Å². The van der Waals surface area contributed by atoms with Crippen LogP contribution in [0.25, 0.3) is 0 Å². The third-order valence-corrected chi connectivity index (χ3v) is 3.26. The molecule has 1 aromatic carbocycles. The van der Waals surface area contributed by atoms with Gasteiger partial charge in [0.25, 0.3) is 0 Å². The van der Waals surface area contributed by atoms with Gasteiger partial charge in [0.05, 0.1) is 0 Å². The van der Waals surface area contributed by atoms with Crippen LogP contribution in [0.4, 0.5) is 18.9 Å². The van der Waals surface area contributed by atoms with Gasteiger partial charge in [-0.25, -0.2) is 4.79 Å². The average molecular weight is 353 g/mol. The number of nitrogens with zero attached hydrogens (tertiary/aromatic N) is 2. The second kappa shape index (κ2) is 7.20. The van der Waals surface area contributed by atoms with Crippen molar-refractivity contribution in [3.05, 3.63) is 53.3 Å². The molecule has 1 aromatic heterocycles. The van der Waals surface area contributed by atoms with E-state index in [1.54, 1.807) is 0 Å². The number of aliphatic carboxylic acids is 1. The molecule has 9 heteroatoms. The molecule has 0 fully saturated rings. The Hall–Kier alpha value is -3.10. The molecule has 0 amide bonds. The Labute approximate surface area is 140 Å². The number of pyridine rings is 1. The highest BCUT2D eigenvalue weighted by molar-refractivity contribution is 6.43. The average Bonchev–Trinajstić information content (AvgIpc) is 2.55. The number of aliphatic imine (C=N–C) groups is 1. The lowest BCUT2D eigenvalue weighted by Crippen LogP contribution is -2.16. The number of rotatable bonds is 5. The summed E-state index contributed by atoms with van der Waals surface area (Å²) in [6.45, 7) is -0.391. The minimum Gasteiger partial charge on any atom is -0.489 e. The van der Waals surface area contributed by atoms with Crippen LogP contribution < -0.4 is 10.5 Å². The van der Waals surface area contributed by atoms with E-state index in [4.69, 9.17) is 15.6 Å². The molecule has 25 heavy (non-hydrogen) atoms. The number of alkyl halides is 3. The highest BCUT2D eigenvalue weighted by Gasteiger charge is 2.35. The molecule has 0 spiro atoms. The van der Waals surface area contributed by atoms with E-state index >= 15 is 0 Å². The minimum atomic E-state index is -4.60. The van der Waals surface area contributed by atoms with Gasteiger partial charge in [-0.2, -0.15) is 13.2 Å². The quantitative estimate of drug-likeness (QED) is 0.636. The fourth-order valence-corrected chi connectivity index (χ4v) is 2.13. The normalized spacial score (nSPS) is 12.1. The van der Waals surface area contributed by atoms with Crippen LogP contribution in [0.5, 0.6) is 5.75 Å². The number of hydrogen-bond acceptors (Lipinski definition) is 5. The number of carboxylic acids is 1. The minimum absolute atomic E-state index is 0.120. The van der Waals surface area contributed by atoms with Crippen molar-refractivity contribution in [2.24, 2.45) is 4.99 Å². The van der Waals surface area contributed by atoms with Crippen LogP contribution in [-0.4, -0.2) is 28.8 Å². The van der Waals surface area contributed by atoms with Crippen molar-refractivity contribution < 1.29 is 27.8 Å².